The van der Waals surface area contributed by atoms with E-state index >= 15 is 0 Å². The van der Waals surface area contributed by atoms with Gasteiger partial charge in [-0.25, -0.2) is 12.7 Å². The molecule has 7 nitrogen and oxygen atoms in total. The van der Waals surface area contributed by atoms with Crippen LogP contribution in [0.4, 0.5) is 5.69 Å². The number of amides is 1. The first-order valence-electron chi connectivity index (χ1n) is 11.0. The number of carbonyl (C=O) groups excluding carboxylic acids is 1. The van der Waals surface area contributed by atoms with E-state index in [1.54, 1.807) is 0 Å². The van der Waals surface area contributed by atoms with Crippen molar-refractivity contribution in [2.45, 2.75) is 25.7 Å². The highest BCUT2D eigenvalue weighted by Gasteiger charge is 2.26. The minimum Gasteiger partial charge on any atom is -0.353 e. The van der Waals surface area contributed by atoms with Crippen LogP contribution in [0.5, 0.6) is 0 Å². The fraction of sp³-hybridized carbons (Fsp3) is 0.280. The fourth-order valence-electron chi connectivity index (χ4n) is 4.51. The van der Waals surface area contributed by atoms with E-state index in [-0.39, 0.29) is 11.8 Å². The number of piperidine rings is 1. The van der Waals surface area contributed by atoms with Gasteiger partial charge in [0.15, 0.2) is 0 Å². The zero-order valence-corrected chi connectivity index (χ0v) is 19.4. The molecule has 0 aliphatic carbocycles. The third kappa shape index (κ3) is 4.36. The Morgan fingerprint density at radius 2 is 1.73 bits per heavy atom. The van der Waals surface area contributed by atoms with Crippen LogP contribution < -0.4 is 5.32 Å². The predicted molar refractivity (Wildman–Crippen MR) is 131 cm³/mol. The summed E-state index contributed by atoms with van der Waals surface area (Å²) >= 11 is 0. The Kier molecular flexibility index (Phi) is 5.42. The van der Waals surface area contributed by atoms with Gasteiger partial charge in [-0.1, -0.05) is 17.7 Å². The van der Waals surface area contributed by atoms with E-state index in [2.05, 4.69) is 21.4 Å². The van der Waals surface area contributed by atoms with Gasteiger partial charge in [0.05, 0.1) is 18.0 Å². The quantitative estimate of drug-likeness (QED) is 0.469. The van der Waals surface area contributed by atoms with E-state index in [4.69, 9.17) is 0 Å². The molecule has 5 rings (SSSR count). The Morgan fingerprint density at radius 1 is 1.03 bits per heavy atom. The smallest absolute Gasteiger partial charge is 0.255 e. The van der Waals surface area contributed by atoms with Gasteiger partial charge in [-0.05, 0) is 56.2 Å². The van der Waals surface area contributed by atoms with Gasteiger partial charge in [-0.2, -0.15) is 0 Å². The molecule has 1 saturated heterocycles. The Hall–Kier alpha value is -3.23. The molecule has 1 amide bonds. The van der Waals surface area contributed by atoms with Crippen molar-refractivity contribution in [3.63, 3.8) is 0 Å². The summed E-state index contributed by atoms with van der Waals surface area (Å²) in [5.41, 5.74) is 5.35. The number of hydrogen-bond donors (Lipinski definition) is 2. The second-order valence-corrected chi connectivity index (χ2v) is 10.8. The van der Waals surface area contributed by atoms with Gasteiger partial charge >= 0.3 is 0 Å². The van der Waals surface area contributed by atoms with Crippen molar-refractivity contribution in [3.8, 4) is 0 Å². The number of H-pyrrole nitrogens is 1. The molecular weight excluding hydrogens is 436 g/mol. The van der Waals surface area contributed by atoms with Gasteiger partial charge in [0, 0.05) is 52.2 Å². The molecule has 0 radical (unpaired) electrons. The lowest BCUT2D eigenvalue weighted by Crippen LogP contribution is -2.37. The van der Waals surface area contributed by atoms with Crippen molar-refractivity contribution >= 4 is 43.4 Å². The van der Waals surface area contributed by atoms with Crippen molar-refractivity contribution in [2.24, 2.45) is 0 Å². The molecule has 8 heteroatoms. The number of nitrogens with one attached hydrogen (secondary N) is 2. The summed E-state index contributed by atoms with van der Waals surface area (Å²) in [5.74, 6) is 0.0796. The van der Waals surface area contributed by atoms with Crippen LogP contribution in [0.15, 0.2) is 54.7 Å². The number of fused-ring (bicyclic) bond motifs is 3. The number of nitrogens with zero attached hydrogens (tertiary/aromatic N) is 2. The largest absolute Gasteiger partial charge is 0.353 e. The van der Waals surface area contributed by atoms with Crippen molar-refractivity contribution in [1.82, 2.24) is 14.3 Å². The Balaban J connectivity index is 1.42. The average molecular weight is 463 g/mol. The van der Waals surface area contributed by atoms with Gasteiger partial charge in [0.2, 0.25) is 10.0 Å². The lowest BCUT2D eigenvalue weighted by molar-refractivity contribution is 0.102. The van der Waals surface area contributed by atoms with E-state index in [1.165, 1.54) is 10.6 Å². The van der Waals surface area contributed by atoms with E-state index in [9.17, 15) is 13.2 Å². The number of benzene rings is 2. The first-order valence-corrected chi connectivity index (χ1v) is 12.9. The zero-order valence-electron chi connectivity index (χ0n) is 18.6. The average Bonchev–Trinajstić information content (AvgIpc) is 3.16. The van der Waals surface area contributed by atoms with Gasteiger partial charge < -0.3 is 10.3 Å². The molecule has 0 spiro atoms. The Morgan fingerprint density at radius 3 is 2.42 bits per heavy atom. The molecule has 2 aromatic heterocycles. The summed E-state index contributed by atoms with van der Waals surface area (Å²) in [5, 5.41) is 5.06. The molecule has 0 bridgehead atoms. The van der Waals surface area contributed by atoms with Gasteiger partial charge in [0.1, 0.15) is 0 Å². The minimum absolute atomic E-state index is 0.144. The monoisotopic (exact) mass is 462 g/mol. The molecule has 1 aliphatic heterocycles. The lowest BCUT2D eigenvalue weighted by Gasteiger charge is -2.29. The highest BCUT2D eigenvalue weighted by atomic mass is 32.2. The van der Waals surface area contributed by atoms with Crippen molar-refractivity contribution < 1.29 is 13.2 Å². The van der Waals surface area contributed by atoms with Crippen LogP contribution in [0.3, 0.4) is 0 Å². The van der Waals surface area contributed by atoms with Gasteiger partial charge in [0.25, 0.3) is 5.91 Å². The molecule has 1 aliphatic rings. The molecule has 170 valence electrons. The van der Waals surface area contributed by atoms with E-state index < -0.39 is 10.0 Å². The number of anilines is 1. The molecule has 4 aromatic rings. The van der Waals surface area contributed by atoms with Crippen LogP contribution in [0.1, 0.15) is 40.4 Å². The maximum atomic E-state index is 12.6. The van der Waals surface area contributed by atoms with Crippen LogP contribution in [0, 0.1) is 6.92 Å². The number of aromatic amines is 1. The molecule has 0 atom stereocenters. The van der Waals surface area contributed by atoms with Crippen LogP contribution in [-0.4, -0.2) is 47.9 Å². The van der Waals surface area contributed by atoms with Gasteiger partial charge in [-0.15, -0.1) is 0 Å². The van der Waals surface area contributed by atoms with E-state index in [0.717, 1.165) is 51.6 Å². The molecular formula is C25H26N4O3S. The zero-order chi connectivity index (χ0) is 23.2. The molecule has 33 heavy (non-hydrogen) atoms. The summed E-state index contributed by atoms with van der Waals surface area (Å²) in [7, 11) is -3.15. The molecule has 2 aromatic carbocycles. The summed E-state index contributed by atoms with van der Waals surface area (Å²) in [6.45, 7) is 3.03. The molecule has 1 fully saturated rings. The number of aryl methyl sites for hydroxylation is 1. The summed E-state index contributed by atoms with van der Waals surface area (Å²) in [4.78, 5) is 20.7. The highest BCUT2D eigenvalue weighted by Crippen LogP contribution is 2.33. The molecule has 0 saturated carbocycles. The third-order valence-electron chi connectivity index (χ3n) is 6.42. The summed E-state index contributed by atoms with van der Waals surface area (Å²) < 4.78 is 25.2. The van der Waals surface area contributed by atoms with Crippen LogP contribution in [0.25, 0.3) is 21.8 Å². The number of aromatic nitrogens is 2. The van der Waals surface area contributed by atoms with Crippen molar-refractivity contribution in [3.05, 3.63) is 71.5 Å². The summed E-state index contributed by atoms with van der Waals surface area (Å²) in [6.07, 6.45) is 4.62. The highest BCUT2D eigenvalue weighted by molar-refractivity contribution is 7.88. The maximum absolute atomic E-state index is 12.6. The maximum Gasteiger partial charge on any atom is 0.255 e. The van der Waals surface area contributed by atoms with Gasteiger partial charge in [-0.3, -0.25) is 9.78 Å². The Labute approximate surface area is 192 Å². The first kappa shape index (κ1) is 21.6. The van der Waals surface area contributed by atoms with Crippen molar-refractivity contribution in [2.75, 3.05) is 24.7 Å². The minimum atomic E-state index is -3.15. The Bertz CT molecular complexity index is 1450. The number of carbonyl (C=O) groups is 1. The predicted octanol–water partition coefficient (Wildman–Crippen LogP) is 4.42. The van der Waals surface area contributed by atoms with Crippen molar-refractivity contribution in [1.29, 1.82) is 0 Å². The lowest BCUT2D eigenvalue weighted by atomic mass is 9.93. The first-order chi connectivity index (χ1) is 15.8. The van der Waals surface area contributed by atoms with Crippen LogP contribution in [-0.2, 0) is 10.0 Å². The second kappa shape index (κ2) is 8.28. The number of hydrogen-bond acceptors (Lipinski definition) is 4. The second-order valence-electron chi connectivity index (χ2n) is 8.80. The molecule has 0 unspecified atom stereocenters. The number of rotatable bonds is 4. The molecule has 2 N–H and O–H groups in total. The van der Waals surface area contributed by atoms with E-state index in [1.807, 2.05) is 55.6 Å². The van der Waals surface area contributed by atoms with E-state index in [0.29, 0.717) is 18.7 Å². The SMILES string of the molecule is Cc1ccc(C(=O)Nc2ccc3[nH]c4cnc(C5CCN(S(C)(=O)=O)CC5)cc4c3c2)cc1. The summed E-state index contributed by atoms with van der Waals surface area (Å²) in [6, 6.07) is 15.4. The standard InChI is InChI=1S/C25H26N4O3S/c1-16-3-5-18(6-4-16)25(30)27-19-7-8-22-20(13-19)21-14-23(26-15-24(21)28-22)17-9-11-29(12-10-17)33(2,31)32/h3-8,13-15,17,28H,9-12H2,1-2H3,(H,27,30). The third-order valence-corrected chi connectivity index (χ3v) is 7.72. The number of sulfonamides is 1. The topological polar surface area (TPSA) is 95.2 Å². The number of pyridine rings is 1. The normalized spacial score (nSPS) is 15.8. The molecule has 3 heterocycles. The van der Waals surface area contributed by atoms with Crippen LogP contribution >= 0.6 is 0 Å². The fourth-order valence-corrected chi connectivity index (χ4v) is 5.38. The van der Waals surface area contributed by atoms with Crippen LogP contribution in [0.2, 0.25) is 0 Å².